The molecule has 0 unspecified atom stereocenters. The number of aryl methyl sites for hydroxylation is 2. The van der Waals surface area contributed by atoms with Gasteiger partial charge in [0, 0.05) is 44.2 Å². The Morgan fingerprint density at radius 3 is 2.84 bits per heavy atom. The maximum atomic E-state index is 3.59. The Morgan fingerprint density at radius 1 is 1.11 bits per heavy atom. The fraction of sp³-hybridized carbons (Fsp3) is 0.625. The second-order valence-corrected chi connectivity index (χ2v) is 6.81. The van der Waals surface area contributed by atoms with Crippen LogP contribution in [0.25, 0.3) is 0 Å². The molecule has 2 nitrogen and oxygen atoms in total. The standard InChI is InChI=1S/C16H24N2S/c1-2-15-5-4-14(12-16(15)3-1)13-17-6-7-18-8-10-19-11-9-18/h4-5,12,17H,1-3,6-11,13H2. The average molecular weight is 276 g/mol. The molecule has 0 saturated carbocycles. The van der Waals surface area contributed by atoms with Crippen LogP contribution in [0.15, 0.2) is 18.2 Å². The number of nitrogens with zero attached hydrogens (tertiary/aromatic N) is 1. The van der Waals surface area contributed by atoms with Crippen molar-refractivity contribution < 1.29 is 0 Å². The van der Waals surface area contributed by atoms with Crippen molar-refractivity contribution in [2.24, 2.45) is 0 Å². The molecule has 1 aromatic rings. The maximum absolute atomic E-state index is 3.59. The number of fused-ring (bicyclic) bond motifs is 1. The molecule has 19 heavy (non-hydrogen) atoms. The third-order valence-electron chi connectivity index (χ3n) is 4.20. The van der Waals surface area contributed by atoms with E-state index in [0.717, 1.165) is 13.1 Å². The van der Waals surface area contributed by atoms with E-state index in [1.54, 1.807) is 11.1 Å². The summed E-state index contributed by atoms with van der Waals surface area (Å²) >= 11 is 2.08. The van der Waals surface area contributed by atoms with Crippen LogP contribution in [-0.2, 0) is 19.4 Å². The summed E-state index contributed by atoms with van der Waals surface area (Å²) in [6.07, 6.45) is 3.92. The molecule has 1 heterocycles. The van der Waals surface area contributed by atoms with Crippen LogP contribution >= 0.6 is 11.8 Å². The van der Waals surface area contributed by atoms with Crippen molar-refractivity contribution >= 4 is 11.8 Å². The summed E-state index contributed by atoms with van der Waals surface area (Å²) in [7, 11) is 0. The van der Waals surface area contributed by atoms with E-state index in [9.17, 15) is 0 Å². The van der Waals surface area contributed by atoms with Gasteiger partial charge in [-0.3, -0.25) is 0 Å². The number of thioether (sulfide) groups is 1. The van der Waals surface area contributed by atoms with Gasteiger partial charge in [0.2, 0.25) is 0 Å². The van der Waals surface area contributed by atoms with Crippen LogP contribution in [0, 0.1) is 0 Å². The molecule has 1 N–H and O–H groups in total. The second kappa shape index (κ2) is 6.78. The summed E-state index contributed by atoms with van der Waals surface area (Å²) in [5.74, 6) is 2.62. The molecule has 1 fully saturated rings. The van der Waals surface area contributed by atoms with Crippen molar-refractivity contribution in [2.75, 3.05) is 37.7 Å². The first kappa shape index (κ1) is 13.5. The summed E-state index contributed by atoms with van der Waals surface area (Å²) in [4.78, 5) is 2.58. The van der Waals surface area contributed by atoms with Crippen LogP contribution in [0.3, 0.4) is 0 Å². The molecule has 3 heteroatoms. The molecule has 0 atom stereocenters. The summed E-state index contributed by atoms with van der Waals surface area (Å²) in [5.41, 5.74) is 4.62. The lowest BCUT2D eigenvalue weighted by Gasteiger charge is -2.26. The predicted molar refractivity (Wildman–Crippen MR) is 83.9 cm³/mol. The van der Waals surface area contributed by atoms with E-state index in [-0.39, 0.29) is 0 Å². The van der Waals surface area contributed by atoms with Crippen LogP contribution < -0.4 is 5.32 Å². The highest BCUT2D eigenvalue weighted by molar-refractivity contribution is 7.99. The number of rotatable bonds is 5. The number of nitrogens with one attached hydrogen (secondary N) is 1. The molecule has 3 rings (SSSR count). The molecule has 0 radical (unpaired) electrons. The van der Waals surface area contributed by atoms with Gasteiger partial charge in [-0.1, -0.05) is 18.2 Å². The van der Waals surface area contributed by atoms with Crippen LogP contribution in [-0.4, -0.2) is 42.6 Å². The summed E-state index contributed by atoms with van der Waals surface area (Å²) in [6.45, 7) is 5.87. The molecule has 1 saturated heterocycles. The molecular weight excluding hydrogens is 252 g/mol. The molecule has 1 aromatic carbocycles. The van der Waals surface area contributed by atoms with Crippen molar-refractivity contribution in [3.63, 3.8) is 0 Å². The minimum absolute atomic E-state index is 1.02. The molecule has 0 spiro atoms. The number of benzene rings is 1. The quantitative estimate of drug-likeness (QED) is 0.831. The normalized spacial score (nSPS) is 19.6. The molecule has 2 aliphatic rings. The van der Waals surface area contributed by atoms with Gasteiger partial charge >= 0.3 is 0 Å². The third kappa shape index (κ3) is 3.74. The van der Waals surface area contributed by atoms with Gasteiger partial charge in [-0.05, 0) is 36.0 Å². The minimum atomic E-state index is 1.02. The van der Waals surface area contributed by atoms with Crippen molar-refractivity contribution in [1.29, 1.82) is 0 Å². The first-order valence-corrected chi connectivity index (χ1v) is 8.69. The SMILES string of the molecule is c1cc2c(cc1CNCCN1CCSCC1)CCC2. The van der Waals surface area contributed by atoms with E-state index in [2.05, 4.69) is 40.2 Å². The van der Waals surface area contributed by atoms with Crippen molar-refractivity contribution in [2.45, 2.75) is 25.8 Å². The molecule has 0 aromatic heterocycles. The van der Waals surface area contributed by atoms with Crippen molar-refractivity contribution in [3.8, 4) is 0 Å². The van der Waals surface area contributed by atoms with Crippen LogP contribution in [0.1, 0.15) is 23.1 Å². The van der Waals surface area contributed by atoms with E-state index in [1.807, 2.05) is 0 Å². The highest BCUT2D eigenvalue weighted by atomic mass is 32.2. The largest absolute Gasteiger partial charge is 0.311 e. The van der Waals surface area contributed by atoms with E-state index in [1.165, 1.54) is 56.0 Å². The smallest absolute Gasteiger partial charge is 0.0206 e. The molecular formula is C16H24N2S. The Balaban J connectivity index is 1.40. The Kier molecular flexibility index (Phi) is 4.81. The van der Waals surface area contributed by atoms with Gasteiger partial charge in [0.05, 0.1) is 0 Å². The fourth-order valence-electron chi connectivity index (χ4n) is 3.03. The van der Waals surface area contributed by atoms with E-state index in [0.29, 0.717) is 0 Å². The molecule has 1 aliphatic carbocycles. The average Bonchev–Trinajstić information content (AvgIpc) is 2.92. The van der Waals surface area contributed by atoms with Gasteiger partial charge in [-0.15, -0.1) is 0 Å². The Labute approximate surface area is 121 Å². The van der Waals surface area contributed by atoms with Crippen LogP contribution in [0.2, 0.25) is 0 Å². The minimum Gasteiger partial charge on any atom is -0.311 e. The van der Waals surface area contributed by atoms with Gasteiger partial charge < -0.3 is 10.2 Å². The lowest BCUT2D eigenvalue weighted by Crippen LogP contribution is -2.37. The predicted octanol–water partition coefficient (Wildman–Crippen LogP) is 2.31. The molecule has 1 aliphatic heterocycles. The number of hydrogen-bond acceptors (Lipinski definition) is 3. The van der Waals surface area contributed by atoms with E-state index < -0.39 is 0 Å². The second-order valence-electron chi connectivity index (χ2n) is 5.59. The molecule has 0 bridgehead atoms. The third-order valence-corrected chi connectivity index (χ3v) is 5.14. The molecule has 0 amide bonds. The van der Waals surface area contributed by atoms with Gasteiger partial charge in [0.1, 0.15) is 0 Å². The van der Waals surface area contributed by atoms with Crippen LogP contribution in [0.5, 0.6) is 0 Å². The first-order valence-electron chi connectivity index (χ1n) is 7.53. The van der Waals surface area contributed by atoms with E-state index in [4.69, 9.17) is 0 Å². The van der Waals surface area contributed by atoms with Gasteiger partial charge in [-0.2, -0.15) is 11.8 Å². The zero-order valence-electron chi connectivity index (χ0n) is 11.7. The highest BCUT2D eigenvalue weighted by Crippen LogP contribution is 2.22. The maximum Gasteiger partial charge on any atom is 0.0206 e. The number of hydrogen-bond donors (Lipinski definition) is 1. The summed E-state index contributed by atoms with van der Waals surface area (Å²) < 4.78 is 0. The van der Waals surface area contributed by atoms with Gasteiger partial charge in [-0.25, -0.2) is 0 Å². The van der Waals surface area contributed by atoms with Crippen LogP contribution in [0.4, 0.5) is 0 Å². The fourth-order valence-corrected chi connectivity index (χ4v) is 4.01. The molecule has 104 valence electrons. The monoisotopic (exact) mass is 276 g/mol. The topological polar surface area (TPSA) is 15.3 Å². The van der Waals surface area contributed by atoms with Gasteiger partial charge in [0.15, 0.2) is 0 Å². The lowest BCUT2D eigenvalue weighted by atomic mass is 10.1. The Morgan fingerprint density at radius 2 is 1.95 bits per heavy atom. The highest BCUT2D eigenvalue weighted by Gasteiger charge is 2.11. The van der Waals surface area contributed by atoms with Gasteiger partial charge in [0.25, 0.3) is 0 Å². The summed E-state index contributed by atoms with van der Waals surface area (Å²) in [6, 6.07) is 7.04. The van der Waals surface area contributed by atoms with Crippen molar-refractivity contribution in [1.82, 2.24) is 10.2 Å². The summed E-state index contributed by atoms with van der Waals surface area (Å²) in [5, 5.41) is 3.59. The lowest BCUT2D eigenvalue weighted by molar-refractivity contribution is 0.301. The first-order chi connectivity index (χ1) is 9.42. The Hall–Kier alpha value is -0.510. The zero-order valence-corrected chi connectivity index (χ0v) is 12.5. The zero-order chi connectivity index (χ0) is 12.9. The Bertz CT molecular complexity index is 413. The van der Waals surface area contributed by atoms with Crippen molar-refractivity contribution in [3.05, 3.63) is 34.9 Å². The van der Waals surface area contributed by atoms with E-state index >= 15 is 0 Å².